The minimum Gasteiger partial charge on any atom is -0.346 e. The van der Waals surface area contributed by atoms with E-state index in [0.29, 0.717) is 0 Å². The van der Waals surface area contributed by atoms with E-state index >= 15 is 0 Å². The Morgan fingerprint density at radius 3 is 2.46 bits per heavy atom. The number of halogens is 1. The van der Waals surface area contributed by atoms with Crippen molar-refractivity contribution in [3.8, 4) is 11.3 Å². The van der Waals surface area contributed by atoms with Gasteiger partial charge in [0.2, 0.25) is 11.8 Å². The van der Waals surface area contributed by atoms with Crippen molar-refractivity contribution in [2.75, 3.05) is 6.54 Å². The van der Waals surface area contributed by atoms with Gasteiger partial charge in [-0.25, -0.2) is 4.98 Å². The van der Waals surface area contributed by atoms with E-state index in [1.54, 1.807) is 0 Å². The van der Waals surface area contributed by atoms with E-state index in [1.807, 2.05) is 56.5 Å². The number of benzene rings is 1. The second-order valence-electron chi connectivity index (χ2n) is 6.21. The third-order valence-corrected chi connectivity index (χ3v) is 4.81. The normalized spacial score (nSPS) is 12.8. The van der Waals surface area contributed by atoms with Gasteiger partial charge in [-0.2, -0.15) is 0 Å². The van der Waals surface area contributed by atoms with Gasteiger partial charge in [-0.3, -0.25) is 9.59 Å². The fourth-order valence-electron chi connectivity index (χ4n) is 2.17. The zero-order valence-electron chi connectivity index (χ0n) is 15.1. The molecule has 0 aliphatic carbocycles. The monoisotopic (exact) mass is 396 g/mol. The lowest BCUT2D eigenvalue weighted by Gasteiger charge is -2.16. The number of amides is 2. The van der Waals surface area contributed by atoms with Crippen LogP contribution in [0, 0.1) is 5.92 Å². The van der Waals surface area contributed by atoms with Gasteiger partial charge in [0.15, 0.2) is 0 Å². The van der Waals surface area contributed by atoms with Crippen molar-refractivity contribution in [3.05, 3.63) is 40.7 Å². The van der Waals surface area contributed by atoms with Crippen molar-refractivity contribution in [1.29, 1.82) is 0 Å². The van der Waals surface area contributed by atoms with Gasteiger partial charge in [0, 0.05) is 10.9 Å². The summed E-state index contributed by atoms with van der Waals surface area (Å²) in [6.07, 6.45) is 0. The number of hydrogen-bond donors (Lipinski definition) is 3. The summed E-state index contributed by atoms with van der Waals surface area (Å²) >= 11 is 1.49. The van der Waals surface area contributed by atoms with Crippen LogP contribution in [0.2, 0.25) is 0 Å². The first-order chi connectivity index (χ1) is 11.9. The Bertz CT molecular complexity index is 721. The molecule has 2 amide bonds. The average Bonchev–Trinajstić information content (AvgIpc) is 3.10. The van der Waals surface area contributed by atoms with Crippen LogP contribution in [0.4, 0.5) is 0 Å². The van der Waals surface area contributed by atoms with Crippen LogP contribution in [0.1, 0.15) is 31.8 Å². The first-order valence-corrected chi connectivity index (χ1v) is 9.10. The van der Waals surface area contributed by atoms with E-state index in [0.717, 1.165) is 16.3 Å². The molecule has 4 N–H and O–H groups in total. The molecule has 1 heterocycles. The van der Waals surface area contributed by atoms with Crippen molar-refractivity contribution in [1.82, 2.24) is 15.6 Å². The molecular weight excluding hydrogens is 372 g/mol. The Morgan fingerprint density at radius 1 is 1.19 bits per heavy atom. The number of rotatable bonds is 7. The van der Waals surface area contributed by atoms with Gasteiger partial charge in [-0.05, 0) is 12.8 Å². The third kappa shape index (κ3) is 6.09. The maximum atomic E-state index is 12.0. The standard InChI is InChI=1S/C18H24N4O2S.ClH/c1-11(2)16(19)17(24)20-9-15(23)21-12(3)18-22-14(10-25-18)13-7-5-4-6-8-13;/h4-8,10-12,16H,9,19H2,1-3H3,(H,20,24)(H,21,23);1H/t12?,16-;/m0./s1. The summed E-state index contributed by atoms with van der Waals surface area (Å²) in [4.78, 5) is 28.4. The van der Waals surface area contributed by atoms with Gasteiger partial charge in [-0.1, -0.05) is 44.2 Å². The number of aromatic nitrogens is 1. The van der Waals surface area contributed by atoms with Gasteiger partial charge < -0.3 is 16.4 Å². The Balaban J connectivity index is 0.00000338. The second kappa shape index (κ2) is 10.3. The molecule has 1 aromatic carbocycles. The molecule has 0 radical (unpaired) electrons. The molecule has 0 fully saturated rings. The highest BCUT2D eigenvalue weighted by Gasteiger charge is 2.19. The molecule has 0 aliphatic rings. The number of hydrogen-bond acceptors (Lipinski definition) is 5. The first kappa shape index (κ1) is 22.1. The van der Waals surface area contributed by atoms with Crippen LogP contribution < -0.4 is 16.4 Å². The van der Waals surface area contributed by atoms with Crippen molar-refractivity contribution in [3.63, 3.8) is 0 Å². The molecule has 0 spiro atoms. The number of nitrogens with zero attached hydrogens (tertiary/aromatic N) is 1. The van der Waals surface area contributed by atoms with Gasteiger partial charge in [0.1, 0.15) is 5.01 Å². The van der Waals surface area contributed by atoms with Crippen LogP contribution in [0.5, 0.6) is 0 Å². The number of thiazole rings is 1. The largest absolute Gasteiger partial charge is 0.346 e. The van der Waals surface area contributed by atoms with Crippen LogP contribution >= 0.6 is 23.7 Å². The summed E-state index contributed by atoms with van der Waals surface area (Å²) in [6.45, 7) is 5.49. The Hall–Kier alpha value is -1.96. The molecule has 6 nitrogen and oxygen atoms in total. The van der Waals surface area contributed by atoms with Gasteiger partial charge in [-0.15, -0.1) is 23.7 Å². The lowest BCUT2D eigenvalue weighted by molar-refractivity contribution is -0.127. The Morgan fingerprint density at radius 2 is 1.85 bits per heavy atom. The molecular formula is C18H25ClN4O2S. The summed E-state index contributed by atoms with van der Waals surface area (Å²) in [5.41, 5.74) is 7.67. The maximum absolute atomic E-state index is 12.0. The summed E-state index contributed by atoms with van der Waals surface area (Å²) < 4.78 is 0. The highest BCUT2D eigenvalue weighted by molar-refractivity contribution is 7.10. The number of carbonyl (C=O) groups is 2. The minimum absolute atomic E-state index is 0. The lowest BCUT2D eigenvalue weighted by atomic mass is 10.1. The Kier molecular flexibility index (Phi) is 8.71. The smallest absolute Gasteiger partial charge is 0.239 e. The van der Waals surface area contributed by atoms with E-state index in [4.69, 9.17) is 5.73 Å². The van der Waals surface area contributed by atoms with Gasteiger partial charge in [0.05, 0.1) is 24.3 Å². The molecule has 0 saturated heterocycles. The highest BCUT2D eigenvalue weighted by atomic mass is 35.5. The summed E-state index contributed by atoms with van der Waals surface area (Å²) in [7, 11) is 0. The predicted molar refractivity (Wildman–Crippen MR) is 107 cm³/mol. The van der Waals surface area contributed by atoms with E-state index in [-0.39, 0.29) is 42.7 Å². The SMILES string of the molecule is CC(NC(=O)CNC(=O)[C@@H](N)C(C)C)c1nc(-c2ccccc2)cs1.Cl. The molecule has 0 saturated carbocycles. The number of nitrogens with two attached hydrogens (primary N) is 1. The quantitative estimate of drug-likeness (QED) is 0.669. The van der Waals surface area contributed by atoms with Crippen LogP contribution in [-0.2, 0) is 9.59 Å². The summed E-state index contributed by atoms with van der Waals surface area (Å²) in [5.74, 6) is -0.569. The fourth-order valence-corrected chi connectivity index (χ4v) is 3.01. The van der Waals surface area contributed by atoms with Crippen LogP contribution in [0.15, 0.2) is 35.7 Å². The molecule has 1 aromatic heterocycles. The molecule has 142 valence electrons. The number of carbonyl (C=O) groups excluding carboxylic acids is 2. The second-order valence-corrected chi connectivity index (χ2v) is 7.10. The zero-order chi connectivity index (χ0) is 18.4. The molecule has 2 atom stereocenters. The van der Waals surface area contributed by atoms with E-state index in [9.17, 15) is 9.59 Å². The average molecular weight is 397 g/mol. The topological polar surface area (TPSA) is 97.1 Å². The molecule has 2 aromatic rings. The zero-order valence-corrected chi connectivity index (χ0v) is 16.7. The van der Waals surface area contributed by atoms with E-state index < -0.39 is 6.04 Å². The van der Waals surface area contributed by atoms with Crippen LogP contribution in [-0.4, -0.2) is 29.4 Å². The van der Waals surface area contributed by atoms with Crippen LogP contribution in [0.25, 0.3) is 11.3 Å². The fraction of sp³-hybridized carbons (Fsp3) is 0.389. The Labute approximate surface area is 164 Å². The van der Waals surface area contributed by atoms with Crippen molar-refractivity contribution >= 4 is 35.6 Å². The minimum atomic E-state index is -0.613. The number of nitrogens with one attached hydrogen (secondary N) is 2. The van der Waals surface area contributed by atoms with Crippen molar-refractivity contribution in [2.24, 2.45) is 11.7 Å². The molecule has 2 rings (SSSR count). The van der Waals surface area contributed by atoms with Crippen LogP contribution in [0.3, 0.4) is 0 Å². The predicted octanol–water partition coefficient (Wildman–Crippen LogP) is 2.51. The first-order valence-electron chi connectivity index (χ1n) is 8.22. The van der Waals surface area contributed by atoms with E-state index in [1.165, 1.54) is 11.3 Å². The van der Waals surface area contributed by atoms with Gasteiger partial charge >= 0.3 is 0 Å². The molecule has 0 aliphatic heterocycles. The summed E-state index contributed by atoms with van der Waals surface area (Å²) in [6, 6.07) is 9.03. The van der Waals surface area contributed by atoms with E-state index in [2.05, 4.69) is 15.6 Å². The molecule has 26 heavy (non-hydrogen) atoms. The van der Waals surface area contributed by atoms with Gasteiger partial charge in [0.25, 0.3) is 0 Å². The molecule has 0 bridgehead atoms. The highest BCUT2D eigenvalue weighted by Crippen LogP contribution is 2.25. The van der Waals surface area contributed by atoms with Crippen molar-refractivity contribution in [2.45, 2.75) is 32.9 Å². The summed E-state index contributed by atoms with van der Waals surface area (Å²) in [5, 5.41) is 8.18. The molecule has 1 unspecified atom stereocenters. The lowest BCUT2D eigenvalue weighted by Crippen LogP contribution is -2.47. The molecule has 8 heteroatoms. The third-order valence-electron chi connectivity index (χ3n) is 3.78. The maximum Gasteiger partial charge on any atom is 0.239 e. The van der Waals surface area contributed by atoms with Crippen molar-refractivity contribution < 1.29 is 9.59 Å².